The van der Waals surface area contributed by atoms with Gasteiger partial charge in [0.25, 0.3) is 0 Å². The first-order valence-electron chi connectivity index (χ1n) is 7.72. The van der Waals surface area contributed by atoms with E-state index in [0.717, 1.165) is 43.0 Å². The van der Waals surface area contributed by atoms with Gasteiger partial charge in [-0.3, -0.25) is 9.69 Å². The second kappa shape index (κ2) is 6.32. The maximum atomic E-state index is 11.8. The van der Waals surface area contributed by atoms with Crippen molar-refractivity contribution in [3.63, 3.8) is 0 Å². The van der Waals surface area contributed by atoms with Gasteiger partial charge in [-0.2, -0.15) is 0 Å². The summed E-state index contributed by atoms with van der Waals surface area (Å²) in [6.07, 6.45) is 5.01. The molecule has 2 aromatic rings. The zero-order valence-electron chi connectivity index (χ0n) is 12.8. The molecule has 1 fully saturated rings. The van der Waals surface area contributed by atoms with Gasteiger partial charge in [0.2, 0.25) is 0 Å². The average Bonchev–Trinajstić information content (AvgIpc) is 2.91. The van der Waals surface area contributed by atoms with Crippen LogP contribution in [0.15, 0.2) is 36.5 Å². The Hall–Kier alpha value is -2.14. The van der Waals surface area contributed by atoms with E-state index in [2.05, 4.69) is 9.88 Å². The highest BCUT2D eigenvalue weighted by Gasteiger charge is 2.31. The highest BCUT2D eigenvalue weighted by Crippen LogP contribution is 2.28. The summed E-state index contributed by atoms with van der Waals surface area (Å²) >= 11 is 0. The first-order chi connectivity index (χ1) is 10.7. The Balaban J connectivity index is 1.96. The fraction of sp³-hybridized carbons (Fsp3) is 0.412. The largest absolute Gasteiger partial charge is 0.480 e. The number of carboxylic acid groups (broad SMARTS) is 1. The fourth-order valence-corrected chi connectivity index (χ4v) is 3.18. The standard InChI is InChI=1S/C17H21N3O2/c1-19-14(12-18-16(19)13-8-4-2-5-9-13)15(17(21)22)20-10-6-3-7-11-20/h2,4-5,8-9,12,15H,3,6-7,10-11H2,1H3,(H,21,22). The maximum Gasteiger partial charge on any atom is 0.327 e. The molecule has 0 radical (unpaired) electrons. The molecule has 0 bridgehead atoms. The Morgan fingerprint density at radius 1 is 1.18 bits per heavy atom. The monoisotopic (exact) mass is 299 g/mol. The second-order valence-corrected chi connectivity index (χ2v) is 5.77. The number of aromatic nitrogens is 2. The highest BCUT2D eigenvalue weighted by atomic mass is 16.4. The van der Waals surface area contributed by atoms with E-state index in [1.165, 1.54) is 6.42 Å². The molecule has 1 atom stereocenters. The van der Waals surface area contributed by atoms with Crippen LogP contribution >= 0.6 is 0 Å². The van der Waals surface area contributed by atoms with E-state index in [-0.39, 0.29) is 0 Å². The van der Waals surface area contributed by atoms with Gasteiger partial charge in [-0.1, -0.05) is 36.8 Å². The first-order valence-corrected chi connectivity index (χ1v) is 7.72. The maximum absolute atomic E-state index is 11.8. The van der Waals surface area contributed by atoms with E-state index in [0.29, 0.717) is 0 Å². The third-order valence-electron chi connectivity index (χ3n) is 4.33. The van der Waals surface area contributed by atoms with Crippen molar-refractivity contribution in [3.8, 4) is 11.4 Å². The van der Waals surface area contributed by atoms with Crippen molar-refractivity contribution >= 4 is 5.97 Å². The smallest absolute Gasteiger partial charge is 0.327 e. The van der Waals surface area contributed by atoms with E-state index in [1.54, 1.807) is 6.20 Å². The fourth-order valence-electron chi connectivity index (χ4n) is 3.18. The van der Waals surface area contributed by atoms with Crippen LogP contribution in [0, 0.1) is 0 Å². The average molecular weight is 299 g/mol. The third kappa shape index (κ3) is 2.76. The summed E-state index contributed by atoms with van der Waals surface area (Å²) in [7, 11) is 1.89. The molecule has 0 spiro atoms. The number of hydrogen-bond acceptors (Lipinski definition) is 3. The Labute approximate surface area is 130 Å². The van der Waals surface area contributed by atoms with E-state index < -0.39 is 12.0 Å². The van der Waals surface area contributed by atoms with Crippen molar-refractivity contribution in [1.29, 1.82) is 0 Å². The van der Waals surface area contributed by atoms with Gasteiger partial charge in [0, 0.05) is 12.6 Å². The number of imidazole rings is 1. The third-order valence-corrected chi connectivity index (χ3v) is 4.33. The topological polar surface area (TPSA) is 58.4 Å². The number of aliphatic carboxylic acids is 1. The predicted octanol–water partition coefficient (Wildman–Crippen LogP) is 2.70. The van der Waals surface area contributed by atoms with Crippen LogP contribution in [0.3, 0.4) is 0 Å². The molecule has 5 heteroatoms. The molecule has 3 rings (SSSR count). The number of piperidine rings is 1. The van der Waals surface area contributed by atoms with E-state index in [4.69, 9.17) is 0 Å². The van der Waals surface area contributed by atoms with Crippen LogP contribution in [0.4, 0.5) is 0 Å². The van der Waals surface area contributed by atoms with Crippen LogP contribution in [0.5, 0.6) is 0 Å². The minimum absolute atomic E-state index is 0.615. The molecule has 5 nitrogen and oxygen atoms in total. The summed E-state index contributed by atoms with van der Waals surface area (Å²) in [5, 5.41) is 9.70. The molecule has 1 saturated heterocycles. The van der Waals surface area contributed by atoms with E-state index in [9.17, 15) is 9.90 Å². The van der Waals surface area contributed by atoms with Crippen LogP contribution in [0.1, 0.15) is 31.0 Å². The van der Waals surface area contributed by atoms with E-state index >= 15 is 0 Å². The van der Waals surface area contributed by atoms with Gasteiger partial charge >= 0.3 is 5.97 Å². The lowest BCUT2D eigenvalue weighted by atomic mass is 10.1. The molecule has 0 amide bonds. The van der Waals surface area contributed by atoms with Gasteiger partial charge < -0.3 is 9.67 Å². The molecule has 1 aromatic carbocycles. The lowest BCUT2D eigenvalue weighted by molar-refractivity contribution is -0.144. The number of carbonyl (C=O) groups is 1. The highest BCUT2D eigenvalue weighted by molar-refractivity contribution is 5.75. The molecule has 116 valence electrons. The lowest BCUT2D eigenvalue weighted by Crippen LogP contribution is -2.38. The lowest BCUT2D eigenvalue weighted by Gasteiger charge is -2.32. The van der Waals surface area contributed by atoms with Gasteiger partial charge in [0.05, 0.1) is 11.9 Å². The van der Waals surface area contributed by atoms with Crippen molar-refractivity contribution in [2.45, 2.75) is 25.3 Å². The molecule has 2 heterocycles. The Kier molecular flexibility index (Phi) is 4.24. The quantitative estimate of drug-likeness (QED) is 0.943. The Morgan fingerprint density at radius 3 is 2.50 bits per heavy atom. The molecule has 1 N–H and O–H groups in total. The predicted molar refractivity (Wildman–Crippen MR) is 84.4 cm³/mol. The second-order valence-electron chi connectivity index (χ2n) is 5.77. The van der Waals surface area contributed by atoms with Crippen molar-refractivity contribution in [3.05, 3.63) is 42.2 Å². The number of carboxylic acids is 1. The van der Waals surface area contributed by atoms with Crippen LogP contribution in [0.25, 0.3) is 11.4 Å². The molecular formula is C17H21N3O2. The minimum atomic E-state index is -0.801. The van der Waals surface area contributed by atoms with Crippen LogP contribution in [-0.2, 0) is 11.8 Å². The van der Waals surface area contributed by atoms with Gasteiger partial charge in [-0.05, 0) is 25.9 Å². The van der Waals surface area contributed by atoms with Gasteiger partial charge in [0.15, 0.2) is 6.04 Å². The van der Waals surface area contributed by atoms with Crippen molar-refractivity contribution < 1.29 is 9.90 Å². The number of likely N-dealkylation sites (tertiary alicyclic amines) is 1. The van der Waals surface area contributed by atoms with Crippen molar-refractivity contribution in [1.82, 2.24) is 14.5 Å². The van der Waals surface area contributed by atoms with Gasteiger partial charge in [-0.15, -0.1) is 0 Å². The normalized spacial score (nSPS) is 17.3. The number of hydrogen-bond donors (Lipinski definition) is 1. The van der Waals surface area contributed by atoms with Crippen molar-refractivity contribution in [2.24, 2.45) is 7.05 Å². The zero-order chi connectivity index (χ0) is 15.5. The van der Waals surface area contributed by atoms with Crippen LogP contribution in [-0.4, -0.2) is 38.6 Å². The number of benzene rings is 1. The van der Waals surface area contributed by atoms with Crippen LogP contribution < -0.4 is 0 Å². The van der Waals surface area contributed by atoms with Gasteiger partial charge in [0.1, 0.15) is 5.82 Å². The molecular weight excluding hydrogens is 278 g/mol. The number of nitrogens with zero attached hydrogens (tertiary/aromatic N) is 3. The SMILES string of the molecule is Cn1c(C(C(=O)O)N2CCCCC2)cnc1-c1ccccc1. The van der Waals surface area contributed by atoms with Crippen molar-refractivity contribution in [2.75, 3.05) is 13.1 Å². The minimum Gasteiger partial charge on any atom is -0.480 e. The van der Waals surface area contributed by atoms with Gasteiger partial charge in [-0.25, -0.2) is 4.98 Å². The molecule has 0 saturated carbocycles. The molecule has 22 heavy (non-hydrogen) atoms. The Bertz CT molecular complexity index is 645. The summed E-state index contributed by atoms with van der Waals surface area (Å²) < 4.78 is 1.91. The zero-order valence-corrected chi connectivity index (χ0v) is 12.8. The summed E-state index contributed by atoms with van der Waals surface area (Å²) in [6, 6.07) is 9.24. The molecule has 0 aliphatic carbocycles. The molecule has 1 aromatic heterocycles. The van der Waals surface area contributed by atoms with E-state index in [1.807, 2.05) is 41.9 Å². The summed E-state index contributed by atoms with van der Waals surface area (Å²) in [6.45, 7) is 1.67. The Morgan fingerprint density at radius 2 is 1.86 bits per heavy atom. The summed E-state index contributed by atoms with van der Waals surface area (Å²) in [4.78, 5) is 18.3. The summed E-state index contributed by atoms with van der Waals surface area (Å²) in [5.41, 5.74) is 1.74. The number of rotatable bonds is 4. The molecule has 1 aliphatic heterocycles. The molecule has 1 unspecified atom stereocenters. The first kappa shape index (κ1) is 14.8. The molecule has 1 aliphatic rings. The summed E-state index contributed by atoms with van der Waals surface area (Å²) in [5.74, 6) is 0.00312. The van der Waals surface area contributed by atoms with Crippen LogP contribution in [0.2, 0.25) is 0 Å².